The molecule has 1 rings (SSSR count). The number of hydrogen-bond acceptors (Lipinski definition) is 6. The lowest BCUT2D eigenvalue weighted by molar-refractivity contribution is -0.244. The van der Waals surface area contributed by atoms with E-state index in [1.807, 2.05) is 6.92 Å². The first-order chi connectivity index (χ1) is 14.2. The first-order valence-electron chi connectivity index (χ1n) is 11.1. The summed E-state index contributed by atoms with van der Waals surface area (Å²) in [6.45, 7) is 7.64. The molecule has 0 aromatic rings. The van der Waals surface area contributed by atoms with Crippen molar-refractivity contribution in [1.82, 2.24) is 5.32 Å². The van der Waals surface area contributed by atoms with Gasteiger partial charge in [0.05, 0.1) is 12.1 Å². The number of carbonyl (C=O) groups excluding carboxylic acids is 2. The third-order valence-electron chi connectivity index (χ3n) is 5.72. The monoisotopic (exact) mass is 429 g/mol. The molecule has 0 aromatic heterocycles. The van der Waals surface area contributed by atoms with Gasteiger partial charge in [-0.2, -0.15) is 0 Å². The third-order valence-corrected chi connectivity index (χ3v) is 5.72. The van der Waals surface area contributed by atoms with E-state index in [1.54, 1.807) is 0 Å². The molecule has 1 aliphatic rings. The summed E-state index contributed by atoms with van der Waals surface area (Å²) < 4.78 is 17.2. The number of nitrogens with one attached hydrogen (secondary N) is 1. The van der Waals surface area contributed by atoms with Crippen LogP contribution in [0.25, 0.3) is 0 Å². The molecule has 8 nitrogen and oxygen atoms in total. The molecule has 0 bridgehead atoms. The van der Waals surface area contributed by atoms with Crippen LogP contribution in [0.2, 0.25) is 0 Å². The molecule has 174 valence electrons. The normalized spacial score (nSPS) is 26.2. The Morgan fingerprint density at radius 3 is 2.10 bits per heavy atom. The van der Waals surface area contributed by atoms with Gasteiger partial charge in [0, 0.05) is 26.9 Å². The lowest BCUT2D eigenvalue weighted by Gasteiger charge is -2.44. The van der Waals surface area contributed by atoms with Gasteiger partial charge in [0.15, 0.2) is 6.29 Å². The number of esters is 1. The summed E-state index contributed by atoms with van der Waals surface area (Å²) in [4.78, 5) is 33.3. The number of carboxylic acids is 1. The van der Waals surface area contributed by atoms with Crippen molar-refractivity contribution in [1.29, 1.82) is 0 Å². The largest absolute Gasteiger partial charge is 0.481 e. The zero-order chi connectivity index (χ0) is 22.5. The SMILES string of the molecule is CC(=O)NC1C(OCCCCCCCCCC(=O)O)OC(COC(C)=O)C(C)C1C. The second-order valence-corrected chi connectivity index (χ2v) is 8.28. The maximum atomic E-state index is 11.6. The van der Waals surface area contributed by atoms with Crippen LogP contribution in [0.5, 0.6) is 0 Å². The Labute approximate surface area is 180 Å². The summed E-state index contributed by atoms with van der Waals surface area (Å²) in [7, 11) is 0. The number of carbonyl (C=O) groups is 3. The van der Waals surface area contributed by atoms with Crippen LogP contribution in [0.3, 0.4) is 0 Å². The molecule has 1 fully saturated rings. The summed E-state index contributed by atoms with van der Waals surface area (Å²) in [5, 5.41) is 11.6. The van der Waals surface area contributed by atoms with E-state index in [9.17, 15) is 14.4 Å². The quantitative estimate of drug-likeness (QED) is 0.322. The summed E-state index contributed by atoms with van der Waals surface area (Å²) in [6.07, 6.45) is 6.25. The fraction of sp³-hybridized carbons (Fsp3) is 0.864. The van der Waals surface area contributed by atoms with Gasteiger partial charge in [0.1, 0.15) is 6.61 Å². The zero-order valence-corrected chi connectivity index (χ0v) is 18.9. The van der Waals surface area contributed by atoms with Crippen molar-refractivity contribution in [3.63, 3.8) is 0 Å². The molecule has 0 radical (unpaired) electrons. The highest BCUT2D eigenvalue weighted by Gasteiger charge is 2.42. The molecule has 0 aromatic carbocycles. The summed E-state index contributed by atoms with van der Waals surface area (Å²) in [5.41, 5.74) is 0. The average Bonchev–Trinajstić information content (AvgIpc) is 2.66. The Balaban J connectivity index is 2.38. The Bertz CT molecular complexity index is 538. The van der Waals surface area contributed by atoms with Crippen LogP contribution in [-0.4, -0.2) is 54.6 Å². The van der Waals surface area contributed by atoms with Gasteiger partial charge in [0.25, 0.3) is 0 Å². The second kappa shape index (κ2) is 14.4. The molecule has 0 saturated carbocycles. The number of aliphatic carboxylic acids is 1. The van der Waals surface area contributed by atoms with Crippen molar-refractivity contribution >= 4 is 17.8 Å². The van der Waals surface area contributed by atoms with E-state index in [4.69, 9.17) is 19.3 Å². The van der Waals surface area contributed by atoms with E-state index in [0.717, 1.165) is 44.9 Å². The van der Waals surface area contributed by atoms with Gasteiger partial charge in [-0.15, -0.1) is 0 Å². The molecule has 5 atom stereocenters. The van der Waals surface area contributed by atoms with Crippen LogP contribution in [-0.2, 0) is 28.6 Å². The number of unbranched alkanes of at least 4 members (excludes halogenated alkanes) is 6. The summed E-state index contributed by atoms with van der Waals surface area (Å²) in [6, 6.07) is -0.250. The van der Waals surface area contributed by atoms with Gasteiger partial charge in [0.2, 0.25) is 5.91 Å². The molecule has 2 N–H and O–H groups in total. The highest BCUT2D eigenvalue weighted by Crippen LogP contribution is 2.32. The van der Waals surface area contributed by atoms with E-state index < -0.39 is 12.3 Å². The van der Waals surface area contributed by atoms with E-state index in [0.29, 0.717) is 6.61 Å². The molecule has 30 heavy (non-hydrogen) atoms. The van der Waals surface area contributed by atoms with Crippen molar-refractivity contribution in [3.8, 4) is 0 Å². The van der Waals surface area contributed by atoms with E-state index in [2.05, 4.69) is 12.2 Å². The molecular formula is C22H39NO7. The van der Waals surface area contributed by atoms with Crippen molar-refractivity contribution in [2.24, 2.45) is 11.8 Å². The van der Waals surface area contributed by atoms with Crippen LogP contribution in [0.1, 0.15) is 79.1 Å². The van der Waals surface area contributed by atoms with Crippen LogP contribution in [0.4, 0.5) is 0 Å². The second-order valence-electron chi connectivity index (χ2n) is 8.28. The molecule has 0 spiro atoms. The van der Waals surface area contributed by atoms with Crippen molar-refractivity contribution in [2.45, 2.75) is 97.5 Å². The molecular weight excluding hydrogens is 390 g/mol. The maximum Gasteiger partial charge on any atom is 0.303 e. The zero-order valence-electron chi connectivity index (χ0n) is 18.9. The number of rotatable bonds is 14. The van der Waals surface area contributed by atoms with Gasteiger partial charge in [-0.25, -0.2) is 0 Å². The maximum absolute atomic E-state index is 11.6. The number of ether oxygens (including phenoxy) is 3. The summed E-state index contributed by atoms with van der Waals surface area (Å²) in [5.74, 6) is -0.991. The fourth-order valence-electron chi connectivity index (χ4n) is 3.72. The first kappa shape index (κ1) is 26.4. The van der Waals surface area contributed by atoms with Gasteiger partial charge < -0.3 is 24.6 Å². The Hall–Kier alpha value is -1.67. The van der Waals surface area contributed by atoms with Crippen molar-refractivity contribution in [3.05, 3.63) is 0 Å². The Kier molecular flexibility index (Phi) is 12.6. The molecule has 1 amide bonds. The standard InChI is InChI=1S/C22H39NO7/c1-15-16(2)21(23-17(3)24)22(30-19(15)14-29-18(4)25)28-13-11-9-7-5-6-8-10-12-20(26)27/h15-16,19,21-22H,5-14H2,1-4H3,(H,23,24)(H,26,27). The molecule has 0 aliphatic carbocycles. The first-order valence-corrected chi connectivity index (χ1v) is 11.1. The lowest BCUT2D eigenvalue weighted by atomic mass is 9.82. The predicted molar refractivity (Wildman–Crippen MR) is 112 cm³/mol. The predicted octanol–water partition coefficient (Wildman–Crippen LogP) is 3.27. The number of hydrogen-bond donors (Lipinski definition) is 2. The van der Waals surface area contributed by atoms with Crippen LogP contribution >= 0.6 is 0 Å². The molecule has 1 aliphatic heterocycles. The van der Waals surface area contributed by atoms with Crippen LogP contribution < -0.4 is 5.32 Å². The molecule has 1 saturated heterocycles. The van der Waals surface area contributed by atoms with Gasteiger partial charge in [-0.05, 0) is 24.7 Å². The van der Waals surface area contributed by atoms with Gasteiger partial charge in [-0.1, -0.05) is 46.0 Å². The van der Waals surface area contributed by atoms with E-state index in [-0.39, 0.29) is 48.9 Å². The Morgan fingerprint density at radius 1 is 0.933 bits per heavy atom. The average molecular weight is 430 g/mol. The minimum absolute atomic E-state index is 0.0992. The van der Waals surface area contributed by atoms with Gasteiger partial charge in [-0.3, -0.25) is 14.4 Å². The van der Waals surface area contributed by atoms with E-state index in [1.165, 1.54) is 13.8 Å². The van der Waals surface area contributed by atoms with Crippen molar-refractivity contribution in [2.75, 3.05) is 13.2 Å². The van der Waals surface area contributed by atoms with Crippen molar-refractivity contribution < 1.29 is 33.7 Å². The van der Waals surface area contributed by atoms with E-state index >= 15 is 0 Å². The highest BCUT2D eigenvalue weighted by atomic mass is 16.7. The number of amides is 1. The topological polar surface area (TPSA) is 111 Å². The fourth-order valence-corrected chi connectivity index (χ4v) is 3.72. The summed E-state index contributed by atoms with van der Waals surface area (Å²) >= 11 is 0. The molecule has 1 heterocycles. The van der Waals surface area contributed by atoms with Gasteiger partial charge >= 0.3 is 11.9 Å². The molecule has 5 unspecified atom stereocenters. The number of carboxylic acid groups (broad SMARTS) is 1. The smallest absolute Gasteiger partial charge is 0.303 e. The van der Waals surface area contributed by atoms with Crippen LogP contribution in [0.15, 0.2) is 0 Å². The lowest BCUT2D eigenvalue weighted by Crippen LogP contribution is -2.58. The van der Waals surface area contributed by atoms with Crippen LogP contribution in [0, 0.1) is 11.8 Å². The third kappa shape index (κ3) is 10.4. The molecule has 8 heteroatoms. The minimum Gasteiger partial charge on any atom is -0.481 e. The Morgan fingerprint density at radius 2 is 1.53 bits per heavy atom. The minimum atomic E-state index is -0.728. The highest BCUT2D eigenvalue weighted by molar-refractivity contribution is 5.73.